The Morgan fingerprint density at radius 3 is 2.50 bits per heavy atom. The van der Waals surface area contributed by atoms with Crippen LogP contribution in [0.1, 0.15) is 24.2 Å². The standard InChI is InChI=1S/C21H24N6O/c1-15-13-16(2)27(25-15)19-6-3-5-18(14-19)24-20(28)17-7-11-26(12-8-17)21-22-9-4-10-23-21/h3-6,9-10,13-14,17H,7-8,11-12H2,1-2H3,(H,24,28). The highest BCUT2D eigenvalue weighted by molar-refractivity contribution is 5.93. The highest BCUT2D eigenvalue weighted by Gasteiger charge is 2.26. The van der Waals surface area contributed by atoms with E-state index in [9.17, 15) is 4.79 Å². The summed E-state index contributed by atoms with van der Waals surface area (Å²) in [5, 5.41) is 7.59. The van der Waals surface area contributed by atoms with Gasteiger partial charge in [0.15, 0.2) is 0 Å². The van der Waals surface area contributed by atoms with Crippen molar-refractivity contribution >= 4 is 17.5 Å². The number of carbonyl (C=O) groups excluding carboxylic acids is 1. The summed E-state index contributed by atoms with van der Waals surface area (Å²) in [7, 11) is 0. The van der Waals surface area contributed by atoms with Crippen molar-refractivity contribution in [2.75, 3.05) is 23.3 Å². The molecule has 28 heavy (non-hydrogen) atoms. The highest BCUT2D eigenvalue weighted by atomic mass is 16.1. The normalized spacial score (nSPS) is 14.9. The molecule has 3 heterocycles. The summed E-state index contributed by atoms with van der Waals surface area (Å²) in [6, 6.07) is 11.7. The molecule has 2 aromatic heterocycles. The van der Waals surface area contributed by atoms with Gasteiger partial charge in [-0.05, 0) is 57.0 Å². The molecule has 0 radical (unpaired) electrons. The van der Waals surface area contributed by atoms with Crippen LogP contribution in [0.5, 0.6) is 0 Å². The monoisotopic (exact) mass is 376 g/mol. The van der Waals surface area contributed by atoms with Gasteiger partial charge in [0.05, 0.1) is 11.4 Å². The van der Waals surface area contributed by atoms with Gasteiger partial charge in [-0.3, -0.25) is 4.79 Å². The van der Waals surface area contributed by atoms with Crippen molar-refractivity contribution in [3.8, 4) is 5.69 Å². The van der Waals surface area contributed by atoms with Crippen molar-refractivity contribution in [3.05, 3.63) is 60.2 Å². The summed E-state index contributed by atoms with van der Waals surface area (Å²) in [5.74, 6) is 0.801. The van der Waals surface area contributed by atoms with E-state index >= 15 is 0 Å². The van der Waals surface area contributed by atoms with Gasteiger partial charge in [0.1, 0.15) is 0 Å². The number of benzene rings is 1. The first-order chi connectivity index (χ1) is 13.6. The first-order valence-corrected chi connectivity index (χ1v) is 9.57. The van der Waals surface area contributed by atoms with Gasteiger partial charge in [-0.1, -0.05) is 6.07 Å². The second kappa shape index (κ2) is 7.80. The number of anilines is 2. The molecule has 3 aromatic rings. The second-order valence-electron chi connectivity index (χ2n) is 7.19. The number of aromatic nitrogens is 4. The number of amides is 1. The summed E-state index contributed by atoms with van der Waals surface area (Å²) in [6.45, 7) is 5.57. The van der Waals surface area contributed by atoms with E-state index in [1.54, 1.807) is 12.4 Å². The number of nitrogens with zero attached hydrogens (tertiary/aromatic N) is 5. The zero-order valence-electron chi connectivity index (χ0n) is 16.2. The summed E-state index contributed by atoms with van der Waals surface area (Å²) in [6.07, 6.45) is 5.08. The van der Waals surface area contributed by atoms with Crippen LogP contribution in [0.2, 0.25) is 0 Å². The van der Waals surface area contributed by atoms with Crippen LogP contribution in [0.4, 0.5) is 11.6 Å². The molecule has 0 spiro atoms. The Kier molecular flexibility index (Phi) is 5.06. The Morgan fingerprint density at radius 2 is 1.82 bits per heavy atom. The van der Waals surface area contributed by atoms with Gasteiger partial charge in [0.2, 0.25) is 11.9 Å². The fourth-order valence-corrected chi connectivity index (χ4v) is 3.65. The number of rotatable bonds is 4. The zero-order valence-corrected chi connectivity index (χ0v) is 16.2. The van der Waals surface area contributed by atoms with Gasteiger partial charge >= 0.3 is 0 Å². The van der Waals surface area contributed by atoms with Crippen LogP contribution in [0.25, 0.3) is 5.69 Å². The number of nitrogens with one attached hydrogen (secondary N) is 1. The molecule has 0 unspecified atom stereocenters. The third-order valence-electron chi connectivity index (χ3n) is 5.07. The van der Waals surface area contributed by atoms with Gasteiger partial charge in [-0.25, -0.2) is 14.6 Å². The predicted molar refractivity (Wildman–Crippen MR) is 109 cm³/mol. The Bertz CT molecular complexity index is 960. The summed E-state index contributed by atoms with van der Waals surface area (Å²) in [4.78, 5) is 23.5. The van der Waals surface area contributed by atoms with Gasteiger partial charge in [0, 0.05) is 42.8 Å². The number of hydrogen-bond donors (Lipinski definition) is 1. The van der Waals surface area contributed by atoms with E-state index in [0.717, 1.165) is 54.6 Å². The number of piperidine rings is 1. The molecule has 1 N–H and O–H groups in total. The fourth-order valence-electron chi connectivity index (χ4n) is 3.65. The Morgan fingerprint density at radius 1 is 1.07 bits per heavy atom. The fraction of sp³-hybridized carbons (Fsp3) is 0.333. The maximum atomic E-state index is 12.7. The van der Waals surface area contributed by atoms with E-state index in [1.807, 2.05) is 54.9 Å². The Hall–Kier alpha value is -3.22. The number of aryl methyl sites for hydroxylation is 2. The molecule has 1 aliphatic heterocycles. The molecular formula is C21H24N6O. The third-order valence-corrected chi connectivity index (χ3v) is 5.07. The average molecular weight is 376 g/mol. The molecule has 0 atom stereocenters. The van der Waals surface area contributed by atoms with Crippen molar-refractivity contribution in [3.63, 3.8) is 0 Å². The van der Waals surface area contributed by atoms with E-state index in [4.69, 9.17) is 0 Å². The zero-order chi connectivity index (χ0) is 19.5. The molecule has 0 bridgehead atoms. The van der Waals surface area contributed by atoms with Gasteiger partial charge in [-0.2, -0.15) is 5.10 Å². The van der Waals surface area contributed by atoms with E-state index in [1.165, 1.54) is 0 Å². The maximum absolute atomic E-state index is 12.7. The predicted octanol–water partition coefficient (Wildman–Crippen LogP) is 3.13. The van der Waals surface area contributed by atoms with Crippen LogP contribution in [0.15, 0.2) is 48.8 Å². The lowest BCUT2D eigenvalue weighted by Crippen LogP contribution is -2.39. The number of carbonyl (C=O) groups is 1. The number of hydrogen-bond acceptors (Lipinski definition) is 5. The summed E-state index contributed by atoms with van der Waals surface area (Å²) in [5.41, 5.74) is 3.78. The van der Waals surface area contributed by atoms with Crippen molar-refractivity contribution in [1.82, 2.24) is 19.7 Å². The lowest BCUT2D eigenvalue weighted by Gasteiger charge is -2.31. The van der Waals surface area contributed by atoms with E-state index in [-0.39, 0.29) is 11.8 Å². The summed E-state index contributed by atoms with van der Waals surface area (Å²) >= 11 is 0. The van der Waals surface area contributed by atoms with Crippen LogP contribution in [0, 0.1) is 19.8 Å². The smallest absolute Gasteiger partial charge is 0.227 e. The van der Waals surface area contributed by atoms with Crippen molar-refractivity contribution in [2.24, 2.45) is 5.92 Å². The molecule has 1 saturated heterocycles. The summed E-state index contributed by atoms with van der Waals surface area (Å²) < 4.78 is 1.89. The van der Waals surface area contributed by atoms with Crippen molar-refractivity contribution < 1.29 is 4.79 Å². The van der Waals surface area contributed by atoms with Gasteiger partial charge in [-0.15, -0.1) is 0 Å². The molecular weight excluding hydrogens is 352 g/mol. The lowest BCUT2D eigenvalue weighted by atomic mass is 9.96. The van der Waals surface area contributed by atoms with Gasteiger partial charge in [0.25, 0.3) is 0 Å². The lowest BCUT2D eigenvalue weighted by molar-refractivity contribution is -0.120. The van der Waals surface area contributed by atoms with Gasteiger partial charge < -0.3 is 10.2 Å². The van der Waals surface area contributed by atoms with E-state index in [2.05, 4.69) is 25.3 Å². The van der Waals surface area contributed by atoms with Crippen LogP contribution in [-0.2, 0) is 4.79 Å². The van der Waals surface area contributed by atoms with E-state index in [0.29, 0.717) is 0 Å². The topological polar surface area (TPSA) is 75.9 Å². The molecule has 0 saturated carbocycles. The Labute approximate surface area is 164 Å². The largest absolute Gasteiger partial charge is 0.341 e. The molecule has 1 fully saturated rings. The van der Waals surface area contributed by atoms with Crippen LogP contribution in [-0.4, -0.2) is 38.7 Å². The SMILES string of the molecule is Cc1cc(C)n(-c2cccc(NC(=O)C3CCN(c4ncccn4)CC3)c2)n1. The minimum Gasteiger partial charge on any atom is -0.341 e. The van der Waals surface area contributed by atoms with Crippen LogP contribution in [0.3, 0.4) is 0 Å². The van der Waals surface area contributed by atoms with Crippen molar-refractivity contribution in [1.29, 1.82) is 0 Å². The second-order valence-corrected chi connectivity index (χ2v) is 7.19. The molecule has 0 aliphatic carbocycles. The minimum absolute atomic E-state index is 0.00250. The average Bonchev–Trinajstić information content (AvgIpc) is 3.07. The van der Waals surface area contributed by atoms with E-state index < -0.39 is 0 Å². The molecule has 144 valence electrons. The van der Waals surface area contributed by atoms with Crippen LogP contribution < -0.4 is 10.2 Å². The first kappa shape index (κ1) is 18.2. The van der Waals surface area contributed by atoms with Crippen molar-refractivity contribution in [2.45, 2.75) is 26.7 Å². The molecule has 1 aromatic carbocycles. The highest BCUT2D eigenvalue weighted by Crippen LogP contribution is 2.23. The molecule has 1 amide bonds. The Balaban J connectivity index is 1.39. The quantitative estimate of drug-likeness (QED) is 0.757. The first-order valence-electron chi connectivity index (χ1n) is 9.57. The molecule has 1 aliphatic rings. The van der Waals surface area contributed by atoms with Crippen LogP contribution >= 0.6 is 0 Å². The molecule has 4 rings (SSSR count). The minimum atomic E-state index is -0.00250. The molecule has 7 nitrogen and oxygen atoms in total. The maximum Gasteiger partial charge on any atom is 0.227 e. The third kappa shape index (κ3) is 3.88. The molecule has 7 heteroatoms.